The van der Waals surface area contributed by atoms with Gasteiger partial charge in [-0.1, -0.05) is 17.7 Å². The second-order valence-corrected chi connectivity index (χ2v) is 6.37. The van der Waals surface area contributed by atoms with Crippen LogP contribution in [0.2, 0.25) is 0 Å². The fourth-order valence-corrected chi connectivity index (χ4v) is 3.15. The second kappa shape index (κ2) is 6.29. The summed E-state index contributed by atoms with van der Waals surface area (Å²) in [4.78, 5) is 3.26. The summed E-state index contributed by atoms with van der Waals surface area (Å²) in [5, 5.41) is 0. The van der Waals surface area contributed by atoms with Gasteiger partial charge in [-0.2, -0.15) is 21.6 Å². The van der Waals surface area contributed by atoms with E-state index in [0.717, 1.165) is 17.8 Å². The molecule has 0 radical (unpaired) electrons. The highest BCUT2D eigenvalue weighted by molar-refractivity contribution is 7.87. The van der Waals surface area contributed by atoms with Crippen molar-refractivity contribution >= 4 is 10.1 Å². The number of aromatic nitrogens is 1. The standard InChI is InChI=1S/C15H14F3NO3S/c1-3-22-23(20,21)13-6-4-10(2)8-12(13)11-5-7-14(19-9-11)15(16,17)18/h4-9H,3H2,1-2H3. The Kier molecular flexibility index (Phi) is 4.76. The van der Waals surface area contributed by atoms with Gasteiger partial charge in [-0.05, 0) is 32.0 Å². The summed E-state index contributed by atoms with van der Waals surface area (Å²) >= 11 is 0. The Bertz CT molecular complexity index is 800. The van der Waals surface area contributed by atoms with E-state index >= 15 is 0 Å². The molecule has 0 spiro atoms. The molecule has 124 valence electrons. The summed E-state index contributed by atoms with van der Waals surface area (Å²) in [6, 6.07) is 6.53. The van der Waals surface area contributed by atoms with Crippen LogP contribution in [-0.4, -0.2) is 20.0 Å². The molecule has 0 aliphatic carbocycles. The van der Waals surface area contributed by atoms with Gasteiger partial charge in [-0.25, -0.2) is 0 Å². The third kappa shape index (κ3) is 3.89. The molecule has 0 bridgehead atoms. The lowest BCUT2D eigenvalue weighted by atomic mass is 10.0. The van der Waals surface area contributed by atoms with Gasteiger partial charge in [0.05, 0.1) is 6.61 Å². The molecule has 1 aromatic carbocycles. The first-order valence-corrected chi connectivity index (χ1v) is 8.09. The Hall–Kier alpha value is -1.93. The molecule has 0 saturated carbocycles. The number of rotatable bonds is 4. The monoisotopic (exact) mass is 345 g/mol. The SMILES string of the molecule is CCOS(=O)(=O)c1ccc(C)cc1-c1ccc(C(F)(F)F)nc1. The molecule has 1 aromatic heterocycles. The van der Waals surface area contributed by atoms with E-state index in [1.165, 1.54) is 19.1 Å². The molecule has 23 heavy (non-hydrogen) atoms. The highest BCUT2D eigenvalue weighted by Gasteiger charge is 2.32. The molecule has 2 rings (SSSR count). The topological polar surface area (TPSA) is 56.3 Å². The van der Waals surface area contributed by atoms with Crippen LogP contribution in [0.15, 0.2) is 41.4 Å². The van der Waals surface area contributed by atoms with Gasteiger partial charge in [0.15, 0.2) is 0 Å². The first-order valence-electron chi connectivity index (χ1n) is 6.69. The Morgan fingerprint density at radius 1 is 1.17 bits per heavy atom. The minimum atomic E-state index is -4.55. The van der Waals surface area contributed by atoms with Gasteiger partial charge in [0.1, 0.15) is 10.6 Å². The van der Waals surface area contributed by atoms with Crippen LogP contribution in [0.4, 0.5) is 13.2 Å². The van der Waals surface area contributed by atoms with E-state index < -0.39 is 22.0 Å². The van der Waals surface area contributed by atoms with Crippen molar-refractivity contribution in [1.29, 1.82) is 0 Å². The zero-order valence-electron chi connectivity index (χ0n) is 12.4. The fraction of sp³-hybridized carbons (Fsp3) is 0.267. The van der Waals surface area contributed by atoms with Gasteiger partial charge in [0.25, 0.3) is 10.1 Å². The molecule has 0 aliphatic heterocycles. The van der Waals surface area contributed by atoms with Crippen molar-refractivity contribution in [2.45, 2.75) is 24.9 Å². The quantitative estimate of drug-likeness (QED) is 0.791. The Morgan fingerprint density at radius 2 is 1.87 bits per heavy atom. The van der Waals surface area contributed by atoms with Crippen LogP contribution in [0.25, 0.3) is 11.1 Å². The maximum Gasteiger partial charge on any atom is 0.433 e. The lowest BCUT2D eigenvalue weighted by molar-refractivity contribution is -0.141. The van der Waals surface area contributed by atoms with Crippen molar-refractivity contribution in [3.8, 4) is 11.1 Å². The molecule has 8 heteroatoms. The summed E-state index contributed by atoms with van der Waals surface area (Å²) in [6.07, 6.45) is -3.55. The molecule has 4 nitrogen and oxygen atoms in total. The summed E-state index contributed by atoms with van der Waals surface area (Å²) in [5.74, 6) is 0. The molecule has 0 amide bonds. The van der Waals surface area contributed by atoms with Crippen molar-refractivity contribution in [2.24, 2.45) is 0 Å². The molecule has 2 aromatic rings. The highest BCUT2D eigenvalue weighted by Crippen LogP contribution is 2.32. The molecular formula is C15H14F3NO3S. The van der Waals surface area contributed by atoms with Crippen LogP contribution in [-0.2, 0) is 20.5 Å². The lowest BCUT2D eigenvalue weighted by Crippen LogP contribution is -2.09. The zero-order valence-corrected chi connectivity index (χ0v) is 13.2. The second-order valence-electron chi connectivity index (χ2n) is 4.79. The minimum absolute atomic E-state index is 0.0408. The van der Waals surface area contributed by atoms with Crippen molar-refractivity contribution in [1.82, 2.24) is 4.98 Å². The van der Waals surface area contributed by atoms with Gasteiger partial charge >= 0.3 is 6.18 Å². The number of alkyl halides is 3. The number of aryl methyl sites for hydroxylation is 1. The predicted octanol–water partition coefficient (Wildman–Crippen LogP) is 3.80. The van der Waals surface area contributed by atoms with Crippen LogP contribution in [0.3, 0.4) is 0 Å². The smallest absolute Gasteiger partial charge is 0.267 e. The third-order valence-corrected chi connectivity index (χ3v) is 4.48. The van der Waals surface area contributed by atoms with E-state index in [0.29, 0.717) is 0 Å². The Labute approximate surface area is 132 Å². The molecule has 0 saturated heterocycles. The Morgan fingerprint density at radius 3 is 2.39 bits per heavy atom. The van der Waals surface area contributed by atoms with Gasteiger partial charge in [-0.3, -0.25) is 9.17 Å². The van der Waals surface area contributed by atoms with E-state index in [2.05, 4.69) is 4.98 Å². The Balaban J connectivity index is 2.57. The molecular weight excluding hydrogens is 331 g/mol. The van der Waals surface area contributed by atoms with Gasteiger partial charge in [0.2, 0.25) is 0 Å². The van der Waals surface area contributed by atoms with E-state index in [-0.39, 0.29) is 22.6 Å². The molecule has 0 N–H and O–H groups in total. The maximum atomic E-state index is 12.6. The van der Waals surface area contributed by atoms with Crippen LogP contribution in [0, 0.1) is 6.92 Å². The number of halogens is 3. The fourth-order valence-electron chi connectivity index (χ4n) is 2.03. The predicted molar refractivity (Wildman–Crippen MR) is 78.2 cm³/mol. The van der Waals surface area contributed by atoms with Crippen LogP contribution >= 0.6 is 0 Å². The number of nitrogens with zero attached hydrogens (tertiary/aromatic N) is 1. The molecule has 0 unspecified atom stereocenters. The van der Waals surface area contributed by atoms with Crippen molar-refractivity contribution in [3.63, 3.8) is 0 Å². The average Bonchev–Trinajstić information content (AvgIpc) is 2.46. The number of pyridine rings is 1. The van der Waals surface area contributed by atoms with E-state index in [4.69, 9.17) is 4.18 Å². The van der Waals surface area contributed by atoms with E-state index in [9.17, 15) is 21.6 Å². The van der Waals surface area contributed by atoms with Crippen LogP contribution in [0.1, 0.15) is 18.2 Å². The first kappa shape index (κ1) is 17.4. The van der Waals surface area contributed by atoms with Gasteiger partial charge < -0.3 is 0 Å². The lowest BCUT2D eigenvalue weighted by Gasteiger charge is -2.12. The summed E-state index contributed by atoms with van der Waals surface area (Å²) in [7, 11) is -3.99. The average molecular weight is 345 g/mol. The largest absolute Gasteiger partial charge is 0.433 e. The number of hydrogen-bond acceptors (Lipinski definition) is 4. The molecule has 0 atom stereocenters. The highest BCUT2D eigenvalue weighted by atomic mass is 32.2. The van der Waals surface area contributed by atoms with Crippen LogP contribution in [0.5, 0.6) is 0 Å². The zero-order chi connectivity index (χ0) is 17.3. The van der Waals surface area contributed by atoms with E-state index in [1.807, 2.05) is 0 Å². The van der Waals surface area contributed by atoms with Gasteiger partial charge in [0, 0.05) is 17.3 Å². The van der Waals surface area contributed by atoms with Crippen LogP contribution < -0.4 is 0 Å². The number of benzene rings is 1. The summed E-state index contributed by atoms with van der Waals surface area (Å²) in [5.41, 5.74) is 0.234. The molecule has 0 fully saturated rings. The maximum absolute atomic E-state index is 12.6. The minimum Gasteiger partial charge on any atom is -0.267 e. The summed E-state index contributed by atoms with van der Waals surface area (Å²) < 4.78 is 66.8. The third-order valence-electron chi connectivity index (χ3n) is 3.04. The first-order chi connectivity index (χ1) is 10.6. The van der Waals surface area contributed by atoms with Gasteiger partial charge in [-0.15, -0.1) is 0 Å². The van der Waals surface area contributed by atoms with Crippen molar-refractivity contribution in [3.05, 3.63) is 47.8 Å². The molecule has 1 heterocycles. The van der Waals surface area contributed by atoms with Crippen molar-refractivity contribution < 1.29 is 25.8 Å². The normalized spacial score (nSPS) is 12.4. The molecule has 0 aliphatic rings. The van der Waals surface area contributed by atoms with Crippen molar-refractivity contribution in [2.75, 3.05) is 6.61 Å². The van der Waals surface area contributed by atoms with E-state index in [1.54, 1.807) is 19.1 Å². The summed E-state index contributed by atoms with van der Waals surface area (Å²) in [6.45, 7) is 3.24. The number of hydrogen-bond donors (Lipinski definition) is 0.